The number of halogens is 2. The highest BCUT2D eigenvalue weighted by atomic mass is 35.7. The van der Waals surface area contributed by atoms with E-state index in [1.54, 1.807) is 19.9 Å². The molecule has 2 unspecified atom stereocenters. The monoisotopic (exact) mass is 216 g/mol. The van der Waals surface area contributed by atoms with Gasteiger partial charge in [-0.15, -0.1) is 11.6 Å². The average Bonchev–Trinajstić information content (AvgIpc) is 1.84. The third-order valence-electron chi connectivity index (χ3n) is 0.834. The van der Waals surface area contributed by atoms with Crippen LogP contribution in [0.25, 0.3) is 0 Å². The first-order valence-corrected chi connectivity index (χ1v) is 6.29. The Morgan fingerprint density at radius 2 is 2.27 bits per heavy atom. The van der Waals surface area contributed by atoms with E-state index in [0.29, 0.717) is 6.61 Å². The topological polar surface area (TPSA) is 26.3 Å². The van der Waals surface area contributed by atoms with Gasteiger partial charge in [0, 0.05) is 11.2 Å². The van der Waals surface area contributed by atoms with Crippen LogP contribution in [0.4, 0.5) is 0 Å². The second-order valence-corrected chi connectivity index (χ2v) is 5.66. The van der Waals surface area contributed by atoms with Crippen LogP contribution in [0.3, 0.4) is 0 Å². The van der Waals surface area contributed by atoms with Crippen LogP contribution in [0.15, 0.2) is 11.9 Å². The lowest BCUT2D eigenvalue weighted by Crippen LogP contribution is -1.83. The second-order valence-electron chi connectivity index (χ2n) is 1.96. The van der Waals surface area contributed by atoms with Gasteiger partial charge in [-0.05, 0) is 25.1 Å². The van der Waals surface area contributed by atoms with Gasteiger partial charge in [0.1, 0.15) is 0 Å². The van der Waals surface area contributed by atoms with Gasteiger partial charge >= 0.3 is 6.72 Å². The molecule has 0 amide bonds. The molecule has 5 heteroatoms. The number of hydrogen-bond acceptors (Lipinski definition) is 2. The summed E-state index contributed by atoms with van der Waals surface area (Å²) < 4.78 is 15.9. The van der Waals surface area contributed by atoms with Gasteiger partial charge in [-0.25, -0.2) is 0 Å². The molecule has 0 radical (unpaired) electrons. The van der Waals surface area contributed by atoms with Crippen LogP contribution in [0, 0.1) is 0 Å². The Morgan fingerprint density at radius 1 is 1.73 bits per heavy atom. The molecule has 0 fully saturated rings. The van der Waals surface area contributed by atoms with Gasteiger partial charge in [-0.1, -0.05) is 6.08 Å². The maximum Gasteiger partial charge on any atom is 0.312 e. The fourth-order valence-electron chi connectivity index (χ4n) is 0.440. The molecule has 66 valence electrons. The van der Waals surface area contributed by atoms with Crippen molar-refractivity contribution < 1.29 is 9.09 Å². The molecular formula is C6H11Cl2O2P. The summed E-state index contributed by atoms with van der Waals surface area (Å²) in [5.74, 6) is 1.32. The largest absolute Gasteiger partial charge is 0.315 e. The molecule has 0 aromatic carbocycles. The van der Waals surface area contributed by atoms with Gasteiger partial charge in [-0.2, -0.15) is 0 Å². The lowest BCUT2D eigenvalue weighted by molar-refractivity contribution is 0.351. The van der Waals surface area contributed by atoms with Crippen molar-refractivity contribution in [2.45, 2.75) is 19.2 Å². The third kappa shape index (κ3) is 6.89. The Morgan fingerprint density at radius 3 is 2.64 bits per heavy atom. The summed E-state index contributed by atoms with van der Waals surface area (Å²) in [5, 5.41) is -0.178. The average molecular weight is 217 g/mol. The lowest BCUT2D eigenvalue weighted by Gasteiger charge is -2.03. The molecule has 2 nitrogen and oxygen atoms in total. The lowest BCUT2D eigenvalue weighted by atomic mass is 10.5. The zero-order valence-corrected chi connectivity index (χ0v) is 8.87. The molecule has 0 bridgehead atoms. The van der Waals surface area contributed by atoms with Crippen molar-refractivity contribution in [3.63, 3.8) is 0 Å². The maximum atomic E-state index is 11.1. The minimum atomic E-state index is -3.04. The second kappa shape index (κ2) is 5.21. The van der Waals surface area contributed by atoms with Gasteiger partial charge in [0.2, 0.25) is 0 Å². The van der Waals surface area contributed by atoms with Gasteiger partial charge < -0.3 is 4.52 Å². The van der Waals surface area contributed by atoms with Crippen molar-refractivity contribution in [2.24, 2.45) is 0 Å². The summed E-state index contributed by atoms with van der Waals surface area (Å²) in [6.45, 7) is 0.776. The van der Waals surface area contributed by atoms with Crippen LogP contribution in [-0.2, 0) is 9.09 Å². The summed E-state index contributed by atoms with van der Waals surface area (Å²) >= 11 is 11.0. The Kier molecular flexibility index (Phi) is 5.45. The fourth-order valence-corrected chi connectivity index (χ4v) is 2.00. The van der Waals surface area contributed by atoms with Crippen LogP contribution >= 0.6 is 29.6 Å². The van der Waals surface area contributed by atoms with E-state index in [1.807, 2.05) is 0 Å². The summed E-state index contributed by atoms with van der Waals surface area (Å²) in [4.78, 5) is 0. The Bertz CT molecular complexity index is 179. The number of alkyl halides is 1. The van der Waals surface area contributed by atoms with Gasteiger partial charge in [0.25, 0.3) is 0 Å². The summed E-state index contributed by atoms with van der Waals surface area (Å²) in [6, 6.07) is 0. The van der Waals surface area contributed by atoms with Crippen molar-refractivity contribution >= 4 is 29.6 Å². The molecule has 0 aromatic heterocycles. The van der Waals surface area contributed by atoms with Crippen molar-refractivity contribution in [1.82, 2.24) is 0 Å². The van der Waals surface area contributed by atoms with E-state index in [4.69, 9.17) is 27.4 Å². The minimum Gasteiger partial charge on any atom is -0.315 e. The van der Waals surface area contributed by atoms with Crippen molar-refractivity contribution in [3.8, 4) is 0 Å². The zero-order chi connectivity index (χ0) is 8.91. The molecule has 2 atom stereocenters. The molecule has 0 aliphatic heterocycles. The normalized spacial score (nSPS) is 20.0. The quantitative estimate of drug-likeness (QED) is 0.531. The molecule has 0 aliphatic rings. The van der Waals surface area contributed by atoms with Crippen molar-refractivity contribution in [3.05, 3.63) is 11.9 Å². The predicted molar refractivity (Wildman–Crippen MR) is 49.5 cm³/mol. The first-order chi connectivity index (χ1) is 4.98. The maximum absolute atomic E-state index is 11.1. The molecule has 0 aromatic rings. The highest BCUT2D eigenvalue weighted by molar-refractivity contribution is 7.87. The molecule has 0 saturated heterocycles. The van der Waals surface area contributed by atoms with Crippen LogP contribution in [0.1, 0.15) is 13.8 Å². The minimum absolute atomic E-state index is 0.178. The van der Waals surface area contributed by atoms with E-state index in [0.717, 1.165) is 0 Å². The molecular weight excluding hydrogens is 206 g/mol. The predicted octanol–water partition coefficient (Wildman–Crippen LogP) is 3.60. The Labute approximate surface area is 76.8 Å². The van der Waals surface area contributed by atoms with Gasteiger partial charge in [-0.3, -0.25) is 4.57 Å². The number of allylic oxidation sites excluding steroid dienone is 1. The fraction of sp³-hybridized carbons (Fsp3) is 0.667. The summed E-state index contributed by atoms with van der Waals surface area (Å²) in [5.41, 5.74) is 0. The van der Waals surface area contributed by atoms with Crippen molar-refractivity contribution in [2.75, 3.05) is 6.61 Å². The van der Waals surface area contributed by atoms with E-state index in [2.05, 4.69) is 0 Å². The van der Waals surface area contributed by atoms with E-state index in [-0.39, 0.29) is 5.38 Å². The van der Waals surface area contributed by atoms with Crippen LogP contribution in [0.5, 0.6) is 0 Å². The molecule has 0 N–H and O–H groups in total. The van der Waals surface area contributed by atoms with Crippen LogP contribution in [-0.4, -0.2) is 12.0 Å². The highest BCUT2D eigenvalue weighted by Crippen LogP contribution is 2.53. The standard InChI is InChI=1S/C6H11Cl2O2P/c1-3-10-11(8,9)5-4-6(2)7/h4-6H,3H2,1-2H3/b5-4+. The molecule has 0 spiro atoms. The van der Waals surface area contributed by atoms with Crippen LogP contribution < -0.4 is 0 Å². The van der Waals surface area contributed by atoms with E-state index in [9.17, 15) is 4.57 Å². The number of hydrogen-bond donors (Lipinski definition) is 0. The Hall–Kier alpha value is 0.510. The SMILES string of the molecule is CCOP(=O)(Cl)/C=C/C(C)Cl. The highest BCUT2D eigenvalue weighted by Gasteiger charge is 2.12. The van der Waals surface area contributed by atoms with E-state index in [1.165, 1.54) is 5.82 Å². The van der Waals surface area contributed by atoms with Gasteiger partial charge in [0.05, 0.1) is 6.61 Å². The Balaban J connectivity index is 4.01. The molecule has 0 heterocycles. The van der Waals surface area contributed by atoms with E-state index >= 15 is 0 Å². The molecule has 11 heavy (non-hydrogen) atoms. The smallest absolute Gasteiger partial charge is 0.312 e. The first kappa shape index (κ1) is 11.5. The summed E-state index contributed by atoms with van der Waals surface area (Å²) in [6.07, 6.45) is 1.55. The van der Waals surface area contributed by atoms with Gasteiger partial charge in [0.15, 0.2) is 0 Å². The van der Waals surface area contributed by atoms with Crippen LogP contribution in [0.2, 0.25) is 0 Å². The summed E-state index contributed by atoms with van der Waals surface area (Å²) in [7, 11) is 0. The molecule has 0 saturated carbocycles. The zero-order valence-electron chi connectivity index (χ0n) is 6.46. The molecule has 0 rings (SSSR count). The number of rotatable bonds is 4. The third-order valence-corrected chi connectivity index (χ3v) is 2.75. The first-order valence-electron chi connectivity index (χ1n) is 3.25. The van der Waals surface area contributed by atoms with Crippen molar-refractivity contribution in [1.29, 1.82) is 0 Å². The van der Waals surface area contributed by atoms with E-state index < -0.39 is 6.72 Å². The molecule has 0 aliphatic carbocycles.